The topological polar surface area (TPSA) is 12.5 Å². The molecule has 0 radical (unpaired) electrons. The van der Waals surface area contributed by atoms with Gasteiger partial charge in [-0.25, -0.2) is 0 Å². The summed E-state index contributed by atoms with van der Waals surface area (Å²) in [5.41, 5.74) is 0. The van der Waals surface area contributed by atoms with Crippen molar-refractivity contribution in [1.29, 1.82) is 0 Å². The highest BCUT2D eigenvalue weighted by Gasteiger charge is 2.30. The maximum Gasteiger partial charge on any atom is 0.462 e. The lowest BCUT2D eigenvalue weighted by atomic mass is 10.2. The monoisotopic (exact) mass is 299 g/mol. The third-order valence-electron chi connectivity index (χ3n) is 3.69. The van der Waals surface area contributed by atoms with Crippen molar-refractivity contribution in [2.75, 3.05) is 0 Å². The second kappa shape index (κ2) is 10.2. The molecule has 0 aromatic rings. The van der Waals surface area contributed by atoms with Gasteiger partial charge in [0.25, 0.3) is 0 Å². The average molecular weight is 299 g/mol. The Balaban J connectivity index is 4.83. The second-order valence-corrected chi connectivity index (χ2v) is 9.97. The van der Waals surface area contributed by atoms with Crippen molar-refractivity contribution in [3.8, 4) is 0 Å². The molecule has 0 spiro atoms. The van der Waals surface area contributed by atoms with Gasteiger partial charge in [-0.05, 0) is 34.1 Å². The van der Waals surface area contributed by atoms with Crippen molar-refractivity contribution < 1.29 is 3.79 Å². The van der Waals surface area contributed by atoms with Crippen LogP contribution in [0.3, 0.4) is 0 Å². The van der Waals surface area contributed by atoms with Crippen LogP contribution in [-0.4, -0.2) is 37.7 Å². The molecule has 0 rings (SSSR count). The Morgan fingerprint density at radius 3 is 1.45 bits per heavy atom. The summed E-state index contributed by atoms with van der Waals surface area (Å²) in [7, 11) is 0. The zero-order valence-electron chi connectivity index (χ0n) is 15.4. The highest BCUT2D eigenvalue weighted by Crippen LogP contribution is 2.22. The standard InChI is InChI=1S/C9H20NO.2C4H9.Al/c1-6-9(11)10(7(2)3)8(4)5;2*1-4(2)3;/h7-9H,6H2,1-5H3;2*4H,1H2,2-3H3;/q-1;;;+1. The lowest BCUT2D eigenvalue weighted by molar-refractivity contribution is -0.0240. The van der Waals surface area contributed by atoms with Crippen molar-refractivity contribution in [2.24, 2.45) is 11.8 Å². The van der Waals surface area contributed by atoms with Gasteiger partial charge < -0.3 is 3.79 Å². The van der Waals surface area contributed by atoms with E-state index in [1.54, 1.807) is 0 Å². The Morgan fingerprint density at radius 2 is 1.20 bits per heavy atom. The van der Waals surface area contributed by atoms with Gasteiger partial charge >= 0.3 is 14.5 Å². The fourth-order valence-electron chi connectivity index (χ4n) is 3.12. The quantitative estimate of drug-likeness (QED) is 0.408. The van der Waals surface area contributed by atoms with Gasteiger partial charge in [0.2, 0.25) is 0 Å². The molecule has 0 aliphatic rings. The highest BCUT2D eigenvalue weighted by atomic mass is 27.2. The Morgan fingerprint density at radius 1 is 0.800 bits per heavy atom. The molecule has 1 unspecified atom stereocenters. The lowest BCUT2D eigenvalue weighted by Crippen LogP contribution is -2.48. The zero-order chi connectivity index (χ0) is 15.9. The fraction of sp³-hybridized carbons (Fsp3) is 1.00. The minimum Gasteiger partial charge on any atom is -0.487 e. The molecule has 0 saturated carbocycles. The van der Waals surface area contributed by atoms with Crippen LogP contribution < -0.4 is 0 Å². The first-order chi connectivity index (χ1) is 9.18. The first kappa shape index (κ1) is 20.5. The van der Waals surface area contributed by atoms with E-state index < -0.39 is 14.5 Å². The Kier molecular flexibility index (Phi) is 10.5. The average Bonchev–Trinajstić information content (AvgIpc) is 2.24. The molecular formula is C17H38AlNO. The third-order valence-corrected chi connectivity index (χ3v) is 7.33. The molecule has 0 amide bonds. The van der Waals surface area contributed by atoms with Crippen molar-refractivity contribution in [1.82, 2.24) is 4.90 Å². The number of hydrogen-bond donors (Lipinski definition) is 0. The van der Waals surface area contributed by atoms with Crippen LogP contribution >= 0.6 is 0 Å². The van der Waals surface area contributed by atoms with Crippen molar-refractivity contribution in [3.05, 3.63) is 0 Å². The maximum absolute atomic E-state index is 6.67. The smallest absolute Gasteiger partial charge is 0.462 e. The van der Waals surface area contributed by atoms with E-state index in [1.165, 1.54) is 10.6 Å². The van der Waals surface area contributed by atoms with Crippen molar-refractivity contribution in [3.63, 3.8) is 0 Å². The summed E-state index contributed by atoms with van der Waals surface area (Å²) in [5, 5.41) is 2.61. The molecule has 0 saturated heterocycles. The molecule has 1 atom stereocenters. The van der Waals surface area contributed by atoms with E-state index in [-0.39, 0.29) is 0 Å². The van der Waals surface area contributed by atoms with Crippen LogP contribution in [0.1, 0.15) is 68.7 Å². The lowest BCUT2D eigenvalue weighted by Gasteiger charge is -2.40. The van der Waals surface area contributed by atoms with Crippen molar-refractivity contribution >= 4 is 14.5 Å². The molecule has 0 aliphatic carbocycles. The molecular weight excluding hydrogens is 261 g/mol. The number of hydrogen-bond acceptors (Lipinski definition) is 2. The van der Waals surface area contributed by atoms with E-state index in [1.807, 2.05) is 0 Å². The zero-order valence-corrected chi connectivity index (χ0v) is 16.6. The molecule has 0 aromatic heterocycles. The van der Waals surface area contributed by atoms with E-state index in [9.17, 15) is 0 Å². The van der Waals surface area contributed by atoms with Gasteiger partial charge in [-0.2, -0.15) is 0 Å². The van der Waals surface area contributed by atoms with Crippen LogP contribution in [0.2, 0.25) is 10.6 Å². The molecule has 0 aromatic carbocycles. The first-order valence-electron chi connectivity index (χ1n) is 8.61. The van der Waals surface area contributed by atoms with E-state index in [0.29, 0.717) is 18.3 Å². The Bertz CT molecular complexity index is 223. The van der Waals surface area contributed by atoms with Gasteiger partial charge in [0, 0.05) is 12.1 Å². The molecule has 0 bridgehead atoms. The van der Waals surface area contributed by atoms with E-state index in [4.69, 9.17) is 3.79 Å². The summed E-state index contributed by atoms with van der Waals surface area (Å²) in [6.45, 7) is 20.7. The predicted molar refractivity (Wildman–Crippen MR) is 92.3 cm³/mol. The Hall–Kier alpha value is 0.452. The first-order valence-corrected chi connectivity index (χ1v) is 10.7. The fourth-order valence-corrected chi connectivity index (χ4v) is 6.41. The summed E-state index contributed by atoms with van der Waals surface area (Å²) in [6, 6.07) is 1.10. The number of rotatable bonds is 10. The third kappa shape index (κ3) is 8.03. The van der Waals surface area contributed by atoms with Crippen LogP contribution in [0.4, 0.5) is 0 Å². The molecule has 0 N–H and O–H groups in total. The largest absolute Gasteiger partial charge is 0.487 e. The van der Waals surface area contributed by atoms with Crippen LogP contribution in [-0.2, 0) is 3.79 Å². The van der Waals surface area contributed by atoms with Gasteiger partial charge in [0.1, 0.15) is 0 Å². The summed E-state index contributed by atoms with van der Waals surface area (Å²) in [4.78, 5) is 2.54. The van der Waals surface area contributed by atoms with Gasteiger partial charge in [0.05, 0.1) is 6.23 Å². The van der Waals surface area contributed by atoms with E-state index in [2.05, 4.69) is 67.2 Å². The minimum atomic E-state index is -1.11. The second-order valence-electron chi connectivity index (χ2n) is 7.51. The van der Waals surface area contributed by atoms with Gasteiger partial charge in [-0.15, -0.1) is 0 Å². The predicted octanol–water partition coefficient (Wildman–Crippen LogP) is 5.16. The SMILES string of the molecule is CCC([O][Al]([CH2]C(C)C)[CH2]C(C)C)N(C(C)C)C(C)C. The Labute approximate surface area is 133 Å². The maximum atomic E-state index is 6.67. The molecule has 0 aliphatic heterocycles. The minimum absolute atomic E-state index is 0.309. The van der Waals surface area contributed by atoms with Crippen LogP contribution in [0, 0.1) is 11.8 Å². The van der Waals surface area contributed by atoms with Crippen molar-refractivity contribution in [2.45, 2.75) is 97.6 Å². The summed E-state index contributed by atoms with van der Waals surface area (Å²) >= 11 is -1.11. The molecule has 0 heterocycles. The van der Waals surface area contributed by atoms with Gasteiger partial charge in [-0.3, -0.25) is 4.90 Å². The molecule has 120 valence electrons. The van der Waals surface area contributed by atoms with Crippen LogP contribution in [0.25, 0.3) is 0 Å². The van der Waals surface area contributed by atoms with E-state index in [0.717, 1.165) is 18.3 Å². The van der Waals surface area contributed by atoms with Crippen LogP contribution in [0.15, 0.2) is 0 Å². The van der Waals surface area contributed by atoms with E-state index >= 15 is 0 Å². The molecule has 0 fully saturated rings. The molecule has 3 heteroatoms. The summed E-state index contributed by atoms with van der Waals surface area (Å²) in [5.74, 6) is 1.52. The normalized spacial score (nSPS) is 14.1. The highest BCUT2D eigenvalue weighted by molar-refractivity contribution is 6.52. The number of nitrogens with zero attached hydrogens (tertiary/aromatic N) is 1. The van der Waals surface area contributed by atoms with Gasteiger partial charge in [0.15, 0.2) is 0 Å². The summed E-state index contributed by atoms with van der Waals surface area (Å²) in [6.07, 6.45) is 1.40. The van der Waals surface area contributed by atoms with Crippen LogP contribution in [0.5, 0.6) is 0 Å². The molecule has 2 nitrogen and oxygen atoms in total. The van der Waals surface area contributed by atoms with Gasteiger partial charge in [-0.1, -0.05) is 57.0 Å². The molecule has 20 heavy (non-hydrogen) atoms. The summed E-state index contributed by atoms with van der Waals surface area (Å²) < 4.78 is 6.67.